The molecule has 1 unspecified atom stereocenters. The molecule has 6 heteroatoms. The molecule has 3 heterocycles. The van der Waals surface area contributed by atoms with E-state index in [0.717, 1.165) is 49.1 Å². The topological polar surface area (TPSA) is 71.3 Å². The van der Waals surface area contributed by atoms with Crippen LogP contribution in [0.3, 0.4) is 0 Å². The van der Waals surface area contributed by atoms with Crippen LogP contribution in [-0.4, -0.2) is 47.1 Å². The summed E-state index contributed by atoms with van der Waals surface area (Å²) in [5, 5.41) is 8.06. The van der Waals surface area contributed by atoms with Crippen molar-refractivity contribution in [3.63, 3.8) is 0 Å². The molecule has 2 aromatic heterocycles. The van der Waals surface area contributed by atoms with Gasteiger partial charge in [-0.3, -0.25) is 4.79 Å². The highest BCUT2D eigenvalue weighted by Gasteiger charge is 2.31. The van der Waals surface area contributed by atoms with E-state index in [0.29, 0.717) is 17.2 Å². The Morgan fingerprint density at radius 3 is 2.91 bits per heavy atom. The van der Waals surface area contributed by atoms with E-state index in [4.69, 9.17) is 4.52 Å². The number of likely N-dealkylation sites (N-methyl/N-ethyl adjacent to an activating group) is 1. The summed E-state index contributed by atoms with van der Waals surface area (Å²) >= 11 is 0. The summed E-state index contributed by atoms with van der Waals surface area (Å²) in [6.45, 7) is 3.68. The molecule has 1 N–H and O–H groups in total. The highest BCUT2D eigenvalue weighted by molar-refractivity contribution is 6.06. The molecule has 116 valence electrons. The Hall–Kier alpha value is -1.95. The first-order valence-electron chi connectivity index (χ1n) is 7.90. The maximum Gasteiger partial charge on any atom is 0.259 e. The van der Waals surface area contributed by atoms with Crippen molar-refractivity contribution in [2.24, 2.45) is 0 Å². The zero-order valence-corrected chi connectivity index (χ0v) is 12.9. The van der Waals surface area contributed by atoms with Crippen LogP contribution in [0.4, 0.5) is 0 Å². The van der Waals surface area contributed by atoms with E-state index in [1.807, 2.05) is 24.9 Å². The maximum absolute atomic E-state index is 13.0. The number of pyridine rings is 1. The predicted octanol–water partition coefficient (Wildman–Crippen LogP) is 1.84. The van der Waals surface area contributed by atoms with Gasteiger partial charge in [0.05, 0.1) is 16.6 Å². The SMILES string of the molecule is Cc1noc2nc(C3CC3)cc(C(=O)N(C)C3CCNC3)c12. The van der Waals surface area contributed by atoms with E-state index in [-0.39, 0.29) is 11.9 Å². The highest BCUT2D eigenvalue weighted by Crippen LogP contribution is 2.40. The molecule has 0 spiro atoms. The molecule has 2 fully saturated rings. The molecule has 2 aromatic rings. The van der Waals surface area contributed by atoms with Crippen molar-refractivity contribution in [2.75, 3.05) is 20.1 Å². The number of aromatic nitrogens is 2. The van der Waals surface area contributed by atoms with Crippen LogP contribution < -0.4 is 5.32 Å². The van der Waals surface area contributed by atoms with Crippen molar-refractivity contribution in [1.82, 2.24) is 20.4 Å². The fraction of sp³-hybridized carbons (Fsp3) is 0.562. The molecule has 0 radical (unpaired) electrons. The van der Waals surface area contributed by atoms with Crippen LogP contribution in [0.2, 0.25) is 0 Å². The third-order valence-corrected chi connectivity index (χ3v) is 4.77. The van der Waals surface area contributed by atoms with Gasteiger partial charge in [-0.1, -0.05) is 5.16 Å². The summed E-state index contributed by atoms with van der Waals surface area (Å²) in [6, 6.07) is 2.20. The molecule has 1 aliphatic carbocycles. The Balaban J connectivity index is 1.78. The summed E-state index contributed by atoms with van der Waals surface area (Å²) in [5.41, 5.74) is 2.86. The van der Waals surface area contributed by atoms with E-state index in [2.05, 4.69) is 15.5 Å². The second-order valence-electron chi connectivity index (χ2n) is 6.38. The number of carbonyl (C=O) groups is 1. The van der Waals surface area contributed by atoms with Gasteiger partial charge in [0.25, 0.3) is 11.6 Å². The van der Waals surface area contributed by atoms with Gasteiger partial charge in [-0.05, 0) is 38.8 Å². The van der Waals surface area contributed by atoms with Crippen molar-refractivity contribution >= 4 is 17.0 Å². The van der Waals surface area contributed by atoms with Crippen molar-refractivity contribution in [3.8, 4) is 0 Å². The Kier molecular flexibility index (Phi) is 3.14. The molecule has 6 nitrogen and oxygen atoms in total. The lowest BCUT2D eigenvalue weighted by Crippen LogP contribution is -2.38. The molecular weight excluding hydrogens is 280 g/mol. The first-order valence-corrected chi connectivity index (χ1v) is 7.90. The number of amides is 1. The van der Waals surface area contributed by atoms with Crippen LogP contribution in [0.15, 0.2) is 10.6 Å². The second-order valence-corrected chi connectivity index (χ2v) is 6.38. The number of rotatable bonds is 3. The smallest absolute Gasteiger partial charge is 0.259 e. The minimum atomic E-state index is 0.0364. The van der Waals surface area contributed by atoms with E-state index in [1.165, 1.54) is 0 Å². The first-order chi connectivity index (χ1) is 10.6. The standard InChI is InChI=1S/C16H20N4O2/c1-9-14-12(16(21)20(2)11-5-6-17-8-11)7-13(10-3-4-10)18-15(14)22-19-9/h7,10-11,17H,3-6,8H2,1-2H3. The third-order valence-electron chi connectivity index (χ3n) is 4.77. The number of nitrogens with one attached hydrogen (secondary N) is 1. The average Bonchev–Trinajstić information content (AvgIpc) is 3.11. The fourth-order valence-corrected chi connectivity index (χ4v) is 3.20. The number of fused-ring (bicyclic) bond motifs is 1. The number of carbonyl (C=O) groups excluding carboxylic acids is 1. The molecule has 1 atom stereocenters. The monoisotopic (exact) mass is 300 g/mol. The summed E-state index contributed by atoms with van der Waals surface area (Å²) in [4.78, 5) is 19.4. The third kappa shape index (κ3) is 2.18. The molecule has 1 aliphatic heterocycles. The van der Waals surface area contributed by atoms with Gasteiger partial charge in [0.15, 0.2) is 0 Å². The molecule has 1 saturated carbocycles. The first kappa shape index (κ1) is 13.7. The second kappa shape index (κ2) is 5.05. The Morgan fingerprint density at radius 2 is 2.23 bits per heavy atom. The lowest BCUT2D eigenvalue weighted by molar-refractivity contribution is 0.0745. The molecule has 2 aliphatic rings. The molecule has 22 heavy (non-hydrogen) atoms. The Morgan fingerprint density at radius 1 is 1.41 bits per heavy atom. The molecule has 0 bridgehead atoms. The van der Waals surface area contributed by atoms with Crippen LogP contribution in [0.5, 0.6) is 0 Å². The molecule has 4 rings (SSSR count). The van der Waals surface area contributed by atoms with Crippen LogP contribution in [-0.2, 0) is 0 Å². The number of hydrogen-bond donors (Lipinski definition) is 1. The predicted molar refractivity (Wildman–Crippen MR) is 81.9 cm³/mol. The fourth-order valence-electron chi connectivity index (χ4n) is 3.20. The Bertz CT molecular complexity index is 729. The van der Waals surface area contributed by atoms with Gasteiger partial charge < -0.3 is 14.7 Å². The summed E-state index contributed by atoms with van der Waals surface area (Å²) in [5.74, 6) is 0.508. The zero-order chi connectivity index (χ0) is 15.3. The van der Waals surface area contributed by atoms with Crippen LogP contribution in [0.25, 0.3) is 11.1 Å². The Labute approximate surface area is 128 Å². The van der Waals surface area contributed by atoms with Crippen LogP contribution in [0, 0.1) is 6.92 Å². The summed E-state index contributed by atoms with van der Waals surface area (Å²) in [7, 11) is 1.88. The zero-order valence-electron chi connectivity index (χ0n) is 12.9. The maximum atomic E-state index is 13.0. The number of aryl methyl sites for hydroxylation is 1. The van der Waals surface area contributed by atoms with Gasteiger partial charge in [-0.25, -0.2) is 4.98 Å². The minimum absolute atomic E-state index is 0.0364. The van der Waals surface area contributed by atoms with E-state index in [1.54, 1.807) is 0 Å². The number of nitrogens with zero attached hydrogens (tertiary/aromatic N) is 3. The van der Waals surface area contributed by atoms with Gasteiger partial charge in [0.2, 0.25) is 0 Å². The van der Waals surface area contributed by atoms with Gasteiger partial charge in [-0.15, -0.1) is 0 Å². The van der Waals surface area contributed by atoms with Crippen molar-refractivity contribution in [2.45, 2.75) is 38.1 Å². The van der Waals surface area contributed by atoms with E-state index in [9.17, 15) is 4.79 Å². The molecular formula is C16H20N4O2. The average molecular weight is 300 g/mol. The minimum Gasteiger partial charge on any atom is -0.337 e. The lowest BCUT2D eigenvalue weighted by Gasteiger charge is -2.24. The van der Waals surface area contributed by atoms with E-state index >= 15 is 0 Å². The molecule has 1 amide bonds. The van der Waals surface area contributed by atoms with Gasteiger partial charge in [0, 0.05) is 31.2 Å². The summed E-state index contributed by atoms with van der Waals surface area (Å²) < 4.78 is 5.32. The van der Waals surface area contributed by atoms with Crippen molar-refractivity contribution in [3.05, 3.63) is 23.0 Å². The van der Waals surface area contributed by atoms with Crippen molar-refractivity contribution in [1.29, 1.82) is 0 Å². The summed E-state index contributed by atoms with van der Waals surface area (Å²) in [6.07, 6.45) is 3.28. The number of hydrogen-bond acceptors (Lipinski definition) is 5. The van der Waals surface area contributed by atoms with E-state index < -0.39 is 0 Å². The lowest BCUT2D eigenvalue weighted by atomic mass is 10.1. The largest absolute Gasteiger partial charge is 0.337 e. The molecule has 0 aromatic carbocycles. The normalized spacial score (nSPS) is 21.5. The molecule has 1 saturated heterocycles. The van der Waals surface area contributed by atoms with Crippen molar-refractivity contribution < 1.29 is 9.32 Å². The van der Waals surface area contributed by atoms with Gasteiger partial charge >= 0.3 is 0 Å². The van der Waals surface area contributed by atoms with Gasteiger partial charge in [-0.2, -0.15) is 0 Å². The van der Waals surface area contributed by atoms with Crippen LogP contribution >= 0.6 is 0 Å². The highest BCUT2D eigenvalue weighted by atomic mass is 16.5. The van der Waals surface area contributed by atoms with Crippen LogP contribution in [0.1, 0.15) is 46.9 Å². The quantitative estimate of drug-likeness (QED) is 0.936. The van der Waals surface area contributed by atoms with Gasteiger partial charge in [0.1, 0.15) is 0 Å².